The number of nitrogens with two attached hydrogens (primary N) is 1. The van der Waals surface area contributed by atoms with Crippen LogP contribution in [0.25, 0.3) is 0 Å². The molecule has 52 heavy (non-hydrogen) atoms. The Bertz CT molecular complexity index is 1300. The summed E-state index contributed by atoms with van der Waals surface area (Å²) in [6.45, 7) is 14.2. The molecule has 1 aromatic heterocycles. The minimum Gasteiger partial charge on any atom is -0.469 e. The number of amides is 3. The van der Waals surface area contributed by atoms with E-state index in [1.807, 2.05) is 72.0 Å². The Hall–Kier alpha value is -3.84. The largest absolute Gasteiger partial charge is 0.469 e. The normalized spacial score (nSPS) is 12.8. The van der Waals surface area contributed by atoms with Crippen molar-refractivity contribution in [2.24, 2.45) is 17.6 Å². The molecule has 4 atom stereocenters. The smallest absolute Gasteiger partial charge is 0.308 e. The second-order valence-electron chi connectivity index (χ2n) is 12.8. The minimum atomic E-state index is -0.706. The van der Waals surface area contributed by atoms with Crippen molar-refractivity contribution in [3.63, 3.8) is 0 Å². The molecule has 13 heteroatoms. The maximum absolute atomic E-state index is 13.3. The summed E-state index contributed by atoms with van der Waals surface area (Å²) in [6.07, 6.45) is 6.42. The van der Waals surface area contributed by atoms with Gasteiger partial charge in [-0.05, 0) is 57.2 Å². The first-order chi connectivity index (χ1) is 24.8. The highest BCUT2D eigenvalue weighted by atomic mass is 32.1. The first-order valence-electron chi connectivity index (χ1n) is 18.6. The van der Waals surface area contributed by atoms with Crippen LogP contribution in [-0.4, -0.2) is 67.4 Å². The van der Waals surface area contributed by atoms with Crippen molar-refractivity contribution in [1.29, 1.82) is 0 Å². The highest BCUT2D eigenvalue weighted by Gasteiger charge is 2.28. The number of hydrogen-bond donors (Lipinski definition) is 4. The van der Waals surface area contributed by atoms with E-state index in [2.05, 4.69) is 20.9 Å². The lowest BCUT2D eigenvalue weighted by Crippen LogP contribution is -2.40. The molecule has 0 aliphatic carbocycles. The van der Waals surface area contributed by atoms with Crippen LogP contribution in [-0.2, 0) is 35.1 Å². The average molecular weight is 748 g/mol. The second-order valence-corrected chi connectivity index (χ2v) is 13.7. The van der Waals surface area contributed by atoms with Gasteiger partial charge in [-0.25, -0.2) is 4.98 Å². The Kier molecular flexibility index (Phi) is 26.6. The van der Waals surface area contributed by atoms with E-state index in [9.17, 15) is 24.0 Å². The van der Waals surface area contributed by atoms with Gasteiger partial charge in [-0.2, -0.15) is 0 Å². The summed E-state index contributed by atoms with van der Waals surface area (Å²) in [7, 11) is 3.27. The lowest BCUT2D eigenvalue weighted by Gasteiger charge is -2.26. The summed E-state index contributed by atoms with van der Waals surface area (Å²) in [6, 6.07) is 9.15. The maximum Gasteiger partial charge on any atom is 0.308 e. The maximum atomic E-state index is 13.3. The number of nitrogens with zero attached hydrogens (tertiary/aromatic N) is 1. The predicted octanol–water partition coefficient (Wildman–Crippen LogP) is 6.29. The van der Waals surface area contributed by atoms with Crippen molar-refractivity contribution in [2.45, 2.75) is 131 Å². The van der Waals surface area contributed by atoms with Gasteiger partial charge in [0.2, 0.25) is 11.8 Å². The van der Waals surface area contributed by atoms with Crippen molar-refractivity contribution in [3.05, 3.63) is 52.0 Å². The van der Waals surface area contributed by atoms with E-state index in [1.165, 1.54) is 25.4 Å². The van der Waals surface area contributed by atoms with Crippen LogP contribution < -0.4 is 21.7 Å². The van der Waals surface area contributed by atoms with Gasteiger partial charge in [-0.15, -0.1) is 11.3 Å². The monoisotopic (exact) mass is 747 g/mol. The van der Waals surface area contributed by atoms with Crippen LogP contribution in [0.4, 0.5) is 0 Å². The highest BCUT2D eigenvalue weighted by molar-refractivity contribution is 7.09. The number of thiazole rings is 1. The zero-order chi connectivity index (χ0) is 39.5. The van der Waals surface area contributed by atoms with E-state index in [0.29, 0.717) is 37.1 Å². The topological polar surface area (TPSA) is 179 Å². The molecule has 0 saturated heterocycles. The van der Waals surface area contributed by atoms with Gasteiger partial charge in [0.15, 0.2) is 6.10 Å². The van der Waals surface area contributed by atoms with Crippen LogP contribution >= 0.6 is 11.3 Å². The summed E-state index contributed by atoms with van der Waals surface area (Å²) >= 11 is 1.23. The van der Waals surface area contributed by atoms with E-state index in [0.717, 1.165) is 44.2 Å². The van der Waals surface area contributed by atoms with Crippen LogP contribution in [0.15, 0.2) is 35.7 Å². The standard InChI is InChI=1S/C30H43N3O6S.C7H16N2O.C2H6/c1-7-8-14-27(35)32-24(19(2)3)17-26(39-21(5)34)29-33-25(18-40-29)28(36)31-23(15-20(4)30(37)38-6)16-22-12-10-9-11-13-22;1-9-6-4-2-3-5-7(8)10;1-2/h9-13,18-20,23-24,26H,7-8,14-17H2,1-6H3,(H,31,36)(H,32,35);9H,2-6H2,1H3,(H2,8,10);1-2H3. The number of hydrogen-bond acceptors (Lipinski definition) is 10. The molecule has 4 unspecified atom stereocenters. The first kappa shape index (κ1) is 48.2. The Morgan fingerprint density at radius 1 is 0.923 bits per heavy atom. The molecular formula is C39H65N5O7S. The van der Waals surface area contributed by atoms with Gasteiger partial charge in [0, 0.05) is 43.6 Å². The van der Waals surface area contributed by atoms with Crippen LogP contribution in [0.2, 0.25) is 0 Å². The number of methoxy groups -OCH3 is 1. The fraction of sp³-hybridized carbons (Fsp3) is 0.641. The Balaban J connectivity index is 0.00000186. The number of benzene rings is 1. The van der Waals surface area contributed by atoms with E-state index >= 15 is 0 Å². The molecule has 5 N–H and O–H groups in total. The van der Waals surface area contributed by atoms with Gasteiger partial charge >= 0.3 is 11.9 Å². The summed E-state index contributed by atoms with van der Waals surface area (Å²) in [4.78, 5) is 64.4. The molecule has 294 valence electrons. The molecular weight excluding hydrogens is 683 g/mol. The summed E-state index contributed by atoms with van der Waals surface area (Å²) in [5.41, 5.74) is 6.18. The van der Waals surface area contributed by atoms with Crippen LogP contribution in [0, 0.1) is 11.8 Å². The third-order valence-corrected chi connectivity index (χ3v) is 8.90. The number of carbonyl (C=O) groups is 5. The molecule has 2 aromatic rings. The van der Waals surface area contributed by atoms with Crippen molar-refractivity contribution >= 4 is 41.0 Å². The third kappa shape index (κ3) is 21.5. The number of esters is 2. The minimum absolute atomic E-state index is 0.0352. The van der Waals surface area contributed by atoms with Gasteiger partial charge < -0.3 is 31.2 Å². The van der Waals surface area contributed by atoms with Gasteiger partial charge in [-0.1, -0.05) is 84.7 Å². The van der Waals surface area contributed by atoms with E-state index in [-0.39, 0.29) is 47.4 Å². The summed E-state index contributed by atoms with van der Waals surface area (Å²) in [5.74, 6) is -1.72. The summed E-state index contributed by atoms with van der Waals surface area (Å²) in [5, 5.41) is 11.2. The van der Waals surface area contributed by atoms with Crippen molar-refractivity contribution < 1.29 is 33.4 Å². The van der Waals surface area contributed by atoms with Crippen molar-refractivity contribution in [3.8, 4) is 0 Å². The van der Waals surface area contributed by atoms with Crippen molar-refractivity contribution in [2.75, 3.05) is 20.7 Å². The number of aromatic nitrogens is 1. The Morgan fingerprint density at radius 3 is 2.15 bits per heavy atom. The summed E-state index contributed by atoms with van der Waals surface area (Å²) < 4.78 is 10.5. The molecule has 0 spiro atoms. The van der Waals surface area contributed by atoms with Crippen LogP contribution in [0.5, 0.6) is 0 Å². The van der Waals surface area contributed by atoms with E-state index in [1.54, 1.807) is 12.3 Å². The number of rotatable bonds is 22. The Morgan fingerprint density at radius 2 is 1.60 bits per heavy atom. The van der Waals surface area contributed by atoms with Gasteiger partial charge in [0.1, 0.15) is 10.7 Å². The van der Waals surface area contributed by atoms with Gasteiger partial charge in [0.05, 0.1) is 13.0 Å². The Labute approximate surface area is 315 Å². The number of nitrogens with one attached hydrogen (secondary N) is 3. The number of unbranched alkanes of at least 4 members (excludes halogenated alkanes) is 3. The van der Waals surface area contributed by atoms with Gasteiger partial charge in [0.25, 0.3) is 5.91 Å². The fourth-order valence-corrected chi connectivity index (χ4v) is 5.98. The third-order valence-electron chi connectivity index (χ3n) is 7.97. The molecule has 1 aromatic carbocycles. The molecule has 12 nitrogen and oxygen atoms in total. The molecule has 0 bridgehead atoms. The lowest BCUT2D eigenvalue weighted by molar-refractivity contribution is -0.147. The lowest BCUT2D eigenvalue weighted by atomic mass is 9.96. The molecule has 0 radical (unpaired) electrons. The van der Waals surface area contributed by atoms with Gasteiger partial charge in [-0.3, -0.25) is 24.0 Å². The molecule has 0 aliphatic rings. The van der Waals surface area contributed by atoms with Crippen LogP contribution in [0.3, 0.4) is 0 Å². The van der Waals surface area contributed by atoms with Crippen molar-refractivity contribution in [1.82, 2.24) is 20.9 Å². The van der Waals surface area contributed by atoms with E-state index in [4.69, 9.17) is 15.2 Å². The zero-order valence-electron chi connectivity index (χ0n) is 32.9. The number of primary amides is 1. The molecule has 0 fully saturated rings. The zero-order valence-corrected chi connectivity index (χ0v) is 33.7. The predicted molar refractivity (Wildman–Crippen MR) is 208 cm³/mol. The SMILES string of the molecule is CC.CCCCC(=O)NC(CC(OC(C)=O)c1nc(C(=O)NC(Cc2ccccc2)CC(C)C(=O)OC)cs1)C(C)C.CNCCCCCC(N)=O. The number of ether oxygens (including phenoxy) is 2. The highest BCUT2D eigenvalue weighted by Crippen LogP contribution is 2.29. The van der Waals surface area contributed by atoms with Crippen LogP contribution in [0.1, 0.15) is 133 Å². The fourth-order valence-electron chi connectivity index (χ4n) is 5.14. The second kappa shape index (κ2) is 28.7. The number of carbonyl (C=O) groups excluding carboxylic acids is 5. The molecule has 2 rings (SSSR count). The molecule has 0 aliphatic heterocycles. The molecule has 3 amide bonds. The van der Waals surface area contributed by atoms with E-state index < -0.39 is 18.0 Å². The quantitative estimate of drug-likeness (QED) is 0.0796. The average Bonchev–Trinajstić information content (AvgIpc) is 3.61. The molecule has 1 heterocycles. The molecule has 0 saturated carbocycles. The first-order valence-corrected chi connectivity index (χ1v) is 19.5.